The lowest BCUT2D eigenvalue weighted by Gasteiger charge is -2.42. The van der Waals surface area contributed by atoms with Gasteiger partial charge >= 0.3 is 6.18 Å². The number of nitrogens with two attached hydrogens (primary N) is 1. The lowest BCUT2D eigenvalue weighted by Crippen LogP contribution is -2.48. The van der Waals surface area contributed by atoms with E-state index < -0.39 is 12.0 Å². The van der Waals surface area contributed by atoms with E-state index >= 15 is 0 Å². The summed E-state index contributed by atoms with van der Waals surface area (Å²) >= 11 is 0. The van der Waals surface area contributed by atoms with E-state index in [9.17, 15) is 18.0 Å². The van der Waals surface area contributed by atoms with Crippen molar-refractivity contribution in [2.45, 2.75) is 50.4 Å². The fraction of sp³-hybridized carbons (Fsp3) is 0.550. The molecule has 1 saturated heterocycles. The molecule has 0 unspecified atom stereocenters. The molecule has 2 aliphatic heterocycles. The van der Waals surface area contributed by atoms with Crippen LogP contribution in [0.2, 0.25) is 0 Å². The maximum atomic E-state index is 13.3. The van der Waals surface area contributed by atoms with Crippen molar-refractivity contribution in [3.63, 3.8) is 0 Å². The number of aromatic nitrogens is 3. The molecule has 1 fully saturated rings. The molecule has 0 bridgehead atoms. The van der Waals surface area contributed by atoms with Crippen molar-refractivity contribution in [3.8, 4) is 0 Å². The number of halogens is 3. The average Bonchev–Trinajstić information content (AvgIpc) is 3.13. The molecular formula is C20H24F3N5O. The highest BCUT2D eigenvalue weighted by atomic mass is 19.4. The molecule has 3 atom stereocenters. The van der Waals surface area contributed by atoms with Gasteiger partial charge in [-0.2, -0.15) is 13.2 Å². The molecule has 4 rings (SSSR count). The Morgan fingerprint density at radius 1 is 1.21 bits per heavy atom. The second-order valence-corrected chi connectivity index (χ2v) is 7.96. The summed E-state index contributed by atoms with van der Waals surface area (Å²) in [5.74, 6) is -0.588. The topological polar surface area (TPSA) is 77.0 Å². The second kappa shape index (κ2) is 7.78. The van der Waals surface area contributed by atoms with Crippen LogP contribution in [0.25, 0.3) is 0 Å². The predicted octanol–water partition coefficient (Wildman–Crippen LogP) is 2.59. The van der Waals surface area contributed by atoms with Crippen LogP contribution < -0.4 is 5.73 Å². The lowest BCUT2D eigenvalue weighted by molar-refractivity contribution is -0.150. The van der Waals surface area contributed by atoms with Crippen LogP contribution in [-0.4, -0.2) is 44.7 Å². The highest BCUT2D eigenvalue weighted by Crippen LogP contribution is 2.40. The molecule has 1 amide bonds. The monoisotopic (exact) mass is 407 g/mol. The third-order valence-electron chi connectivity index (χ3n) is 5.91. The van der Waals surface area contributed by atoms with E-state index in [2.05, 4.69) is 10.2 Å². The second-order valence-electron chi connectivity index (χ2n) is 7.96. The zero-order valence-corrected chi connectivity index (χ0v) is 16.0. The van der Waals surface area contributed by atoms with E-state index in [1.54, 1.807) is 4.90 Å². The largest absolute Gasteiger partial charge is 0.451 e. The van der Waals surface area contributed by atoms with Crippen LogP contribution in [0, 0.1) is 5.92 Å². The van der Waals surface area contributed by atoms with Gasteiger partial charge in [0.2, 0.25) is 11.7 Å². The summed E-state index contributed by atoms with van der Waals surface area (Å²) < 4.78 is 41.1. The van der Waals surface area contributed by atoms with E-state index in [1.165, 1.54) is 4.57 Å². The molecule has 2 N–H and O–H groups in total. The highest BCUT2D eigenvalue weighted by Gasteiger charge is 2.45. The number of carbonyl (C=O) groups is 1. The van der Waals surface area contributed by atoms with E-state index in [0.29, 0.717) is 44.6 Å². The predicted molar refractivity (Wildman–Crippen MR) is 99.8 cm³/mol. The van der Waals surface area contributed by atoms with Crippen molar-refractivity contribution in [1.29, 1.82) is 0 Å². The summed E-state index contributed by atoms with van der Waals surface area (Å²) in [6.07, 6.45) is -2.05. The van der Waals surface area contributed by atoms with Gasteiger partial charge in [0, 0.05) is 38.0 Å². The van der Waals surface area contributed by atoms with Crippen molar-refractivity contribution in [2.24, 2.45) is 11.7 Å². The molecular weight excluding hydrogens is 383 g/mol. The third kappa shape index (κ3) is 4.14. The Balaban J connectivity index is 1.39. The van der Waals surface area contributed by atoms with Crippen LogP contribution >= 0.6 is 0 Å². The van der Waals surface area contributed by atoms with Crippen LogP contribution in [0.5, 0.6) is 0 Å². The lowest BCUT2D eigenvalue weighted by atomic mass is 9.84. The Morgan fingerprint density at radius 3 is 2.69 bits per heavy atom. The summed E-state index contributed by atoms with van der Waals surface area (Å²) in [5.41, 5.74) is 7.25. The van der Waals surface area contributed by atoms with Crippen LogP contribution in [0.15, 0.2) is 30.3 Å². The summed E-state index contributed by atoms with van der Waals surface area (Å²) in [4.78, 5) is 14.5. The summed E-state index contributed by atoms with van der Waals surface area (Å²) in [6, 6.07) is 9.17. The van der Waals surface area contributed by atoms with Gasteiger partial charge < -0.3 is 15.2 Å². The number of nitrogens with zero attached hydrogens (tertiary/aromatic N) is 4. The van der Waals surface area contributed by atoms with E-state index in [-0.39, 0.29) is 30.3 Å². The fourth-order valence-corrected chi connectivity index (χ4v) is 4.56. The highest BCUT2D eigenvalue weighted by molar-refractivity contribution is 5.77. The fourth-order valence-electron chi connectivity index (χ4n) is 4.56. The number of benzene rings is 1. The Hall–Kier alpha value is -2.42. The summed E-state index contributed by atoms with van der Waals surface area (Å²) in [6.45, 7) is 0.878. The van der Waals surface area contributed by atoms with Gasteiger partial charge in [-0.3, -0.25) is 4.79 Å². The smallest absolute Gasteiger partial charge is 0.342 e. The van der Waals surface area contributed by atoms with Gasteiger partial charge in [0.05, 0.1) is 0 Å². The van der Waals surface area contributed by atoms with Crippen LogP contribution in [-0.2, 0) is 23.8 Å². The number of hydrogen-bond donors (Lipinski definition) is 1. The number of hydrogen-bond acceptors (Lipinski definition) is 4. The minimum atomic E-state index is -4.52. The van der Waals surface area contributed by atoms with Gasteiger partial charge in [-0.1, -0.05) is 30.3 Å². The van der Waals surface area contributed by atoms with Crippen molar-refractivity contribution in [1.82, 2.24) is 19.7 Å². The molecule has 29 heavy (non-hydrogen) atoms. The zero-order chi connectivity index (χ0) is 20.6. The SMILES string of the molecule is N[C@@H](CC(=O)N1CC[C@@H]2[C@H](CCc3nnc(C(F)(F)F)n32)C1)Cc1ccccc1. The first-order valence-electron chi connectivity index (χ1n) is 9.91. The molecule has 1 aromatic carbocycles. The van der Waals surface area contributed by atoms with E-state index in [1.807, 2.05) is 30.3 Å². The zero-order valence-electron chi connectivity index (χ0n) is 16.0. The number of amides is 1. The quantitative estimate of drug-likeness (QED) is 0.845. The van der Waals surface area contributed by atoms with Crippen LogP contribution in [0.4, 0.5) is 13.2 Å². The number of carbonyl (C=O) groups excluding carboxylic acids is 1. The molecule has 0 radical (unpaired) electrons. The van der Waals surface area contributed by atoms with Gasteiger partial charge in [-0.05, 0) is 30.7 Å². The van der Waals surface area contributed by atoms with Crippen molar-refractivity contribution in [2.75, 3.05) is 13.1 Å². The molecule has 6 nitrogen and oxygen atoms in total. The van der Waals surface area contributed by atoms with Gasteiger partial charge in [-0.15, -0.1) is 10.2 Å². The first kappa shape index (κ1) is 19.9. The van der Waals surface area contributed by atoms with Crippen molar-refractivity contribution in [3.05, 3.63) is 47.5 Å². The van der Waals surface area contributed by atoms with Gasteiger partial charge in [-0.25, -0.2) is 0 Å². The molecule has 1 aromatic heterocycles. The van der Waals surface area contributed by atoms with E-state index in [4.69, 9.17) is 5.73 Å². The molecule has 0 spiro atoms. The average molecular weight is 407 g/mol. The minimum Gasteiger partial charge on any atom is -0.342 e. The maximum Gasteiger partial charge on any atom is 0.451 e. The first-order chi connectivity index (χ1) is 13.8. The van der Waals surface area contributed by atoms with E-state index in [0.717, 1.165) is 5.56 Å². The van der Waals surface area contributed by atoms with Crippen LogP contribution in [0.1, 0.15) is 42.5 Å². The first-order valence-corrected chi connectivity index (χ1v) is 9.91. The number of likely N-dealkylation sites (tertiary alicyclic amines) is 1. The maximum absolute atomic E-state index is 13.3. The van der Waals surface area contributed by atoms with Gasteiger partial charge in [0.15, 0.2) is 0 Å². The van der Waals surface area contributed by atoms with Gasteiger partial charge in [0.25, 0.3) is 0 Å². The number of rotatable bonds is 4. The Bertz CT molecular complexity index is 867. The molecule has 3 heterocycles. The number of alkyl halides is 3. The van der Waals surface area contributed by atoms with Crippen LogP contribution in [0.3, 0.4) is 0 Å². The number of aryl methyl sites for hydroxylation is 1. The minimum absolute atomic E-state index is 0.0253. The number of fused-ring (bicyclic) bond motifs is 3. The molecule has 2 aliphatic rings. The Morgan fingerprint density at radius 2 is 1.97 bits per heavy atom. The van der Waals surface area contributed by atoms with Gasteiger partial charge in [0.1, 0.15) is 5.82 Å². The Kier molecular flexibility index (Phi) is 5.33. The third-order valence-corrected chi connectivity index (χ3v) is 5.91. The standard InChI is InChI=1S/C20H24F3N5O/c21-20(22,23)19-26-25-17-7-6-14-12-27(9-8-16(14)28(17)19)18(29)11-15(24)10-13-4-2-1-3-5-13/h1-5,14-16H,6-12,24H2/t14-,15-,16-/m1/s1. The molecule has 0 aliphatic carbocycles. The summed E-state index contributed by atoms with van der Waals surface area (Å²) in [7, 11) is 0. The molecule has 2 aromatic rings. The van der Waals surface area contributed by atoms with Crippen molar-refractivity contribution >= 4 is 5.91 Å². The normalized spacial score (nSPS) is 22.7. The molecule has 0 saturated carbocycles. The number of piperidine rings is 1. The molecule has 156 valence electrons. The molecule has 9 heteroatoms. The Labute approximate surface area is 166 Å². The summed E-state index contributed by atoms with van der Waals surface area (Å²) in [5, 5.41) is 7.13. The van der Waals surface area contributed by atoms with Crippen molar-refractivity contribution < 1.29 is 18.0 Å².